The predicted octanol–water partition coefficient (Wildman–Crippen LogP) is 4.15. The number of pyridine rings is 1. The second-order valence-electron chi connectivity index (χ2n) is 7.38. The van der Waals surface area contributed by atoms with E-state index in [1.165, 1.54) is 50.6 Å². The van der Waals surface area contributed by atoms with Crippen LogP contribution in [0.4, 0.5) is 0 Å². The van der Waals surface area contributed by atoms with Crippen LogP contribution in [-0.4, -0.2) is 27.0 Å². The third-order valence-corrected chi connectivity index (χ3v) is 5.31. The van der Waals surface area contributed by atoms with Crippen LogP contribution in [0.3, 0.4) is 0 Å². The second-order valence-corrected chi connectivity index (χ2v) is 7.38. The Morgan fingerprint density at radius 1 is 1.08 bits per heavy atom. The number of nitrogens with zero attached hydrogens (tertiary/aromatic N) is 3. The Bertz CT molecular complexity index is 712. The monoisotopic (exact) mass is 354 g/mol. The average molecular weight is 354 g/mol. The molecule has 0 spiro atoms. The summed E-state index contributed by atoms with van der Waals surface area (Å²) in [6.45, 7) is 4.65. The Hall–Kier alpha value is -2.17. The van der Waals surface area contributed by atoms with Crippen molar-refractivity contribution in [2.75, 3.05) is 6.54 Å². The lowest BCUT2D eigenvalue weighted by Gasteiger charge is -2.24. The van der Waals surface area contributed by atoms with Crippen molar-refractivity contribution < 1.29 is 4.79 Å². The van der Waals surface area contributed by atoms with E-state index in [0.717, 1.165) is 17.9 Å². The predicted molar refractivity (Wildman–Crippen MR) is 103 cm³/mol. The number of carbonyl (C=O) groups is 1. The molecule has 0 aliphatic heterocycles. The Kier molecular flexibility index (Phi) is 6.42. The van der Waals surface area contributed by atoms with E-state index in [2.05, 4.69) is 26.8 Å². The zero-order valence-electron chi connectivity index (χ0n) is 16.0. The summed E-state index contributed by atoms with van der Waals surface area (Å²) in [5, 5.41) is 3.00. The van der Waals surface area contributed by atoms with E-state index in [4.69, 9.17) is 0 Å². The lowest BCUT2D eigenvalue weighted by atomic mass is 9.96. The molecule has 1 N–H and O–H groups in total. The zero-order valence-corrected chi connectivity index (χ0v) is 16.0. The second kappa shape index (κ2) is 8.97. The van der Waals surface area contributed by atoms with Gasteiger partial charge in [0, 0.05) is 42.8 Å². The number of nitrogens with one attached hydrogen (secondary N) is 1. The van der Waals surface area contributed by atoms with Crippen molar-refractivity contribution in [3.05, 3.63) is 47.3 Å². The number of hydrogen-bond donors (Lipinski definition) is 1. The van der Waals surface area contributed by atoms with Crippen LogP contribution in [0, 0.1) is 13.8 Å². The first-order valence-corrected chi connectivity index (χ1v) is 9.88. The Labute approximate surface area is 156 Å². The summed E-state index contributed by atoms with van der Waals surface area (Å²) in [5.74, 6) is 1.02. The van der Waals surface area contributed by atoms with Crippen LogP contribution in [0.5, 0.6) is 0 Å². The summed E-state index contributed by atoms with van der Waals surface area (Å²) >= 11 is 0. The number of aromatic nitrogens is 3. The van der Waals surface area contributed by atoms with Gasteiger partial charge in [-0.25, -0.2) is 4.98 Å². The molecule has 1 aliphatic carbocycles. The third-order valence-electron chi connectivity index (χ3n) is 5.31. The summed E-state index contributed by atoms with van der Waals surface area (Å²) < 4.78 is 2.42. The smallest absolute Gasteiger partial charge is 0.252 e. The molecule has 140 valence electrons. The molecule has 3 rings (SSSR count). The van der Waals surface area contributed by atoms with Gasteiger partial charge < -0.3 is 9.88 Å². The first kappa shape index (κ1) is 18.6. The van der Waals surface area contributed by atoms with Crippen LogP contribution in [0.2, 0.25) is 0 Å². The molecule has 1 saturated carbocycles. The SMILES string of the molecule is Cc1ccc(C(=O)NCCc2ncc(C)n2C2CCCCCCC2)cn1. The zero-order chi connectivity index (χ0) is 18.4. The molecule has 2 heterocycles. The first-order chi connectivity index (χ1) is 12.6. The van der Waals surface area contributed by atoms with Gasteiger partial charge >= 0.3 is 0 Å². The van der Waals surface area contributed by atoms with E-state index in [9.17, 15) is 4.79 Å². The van der Waals surface area contributed by atoms with Crippen LogP contribution >= 0.6 is 0 Å². The molecule has 26 heavy (non-hydrogen) atoms. The van der Waals surface area contributed by atoms with Crippen molar-refractivity contribution in [1.29, 1.82) is 0 Å². The summed E-state index contributed by atoms with van der Waals surface area (Å²) in [7, 11) is 0. The summed E-state index contributed by atoms with van der Waals surface area (Å²) in [4.78, 5) is 21.1. The van der Waals surface area contributed by atoms with E-state index in [0.29, 0.717) is 18.2 Å². The minimum absolute atomic E-state index is 0.0710. The lowest BCUT2D eigenvalue weighted by Crippen LogP contribution is -2.27. The van der Waals surface area contributed by atoms with E-state index < -0.39 is 0 Å². The molecule has 1 aliphatic rings. The third kappa shape index (κ3) is 4.71. The molecule has 0 saturated heterocycles. The van der Waals surface area contributed by atoms with Crippen LogP contribution in [-0.2, 0) is 6.42 Å². The molecule has 0 bridgehead atoms. The molecule has 5 heteroatoms. The van der Waals surface area contributed by atoms with E-state index in [-0.39, 0.29) is 5.91 Å². The number of carbonyl (C=O) groups excluding carboxylic acids is 1. The average Bonchev–Trinajstić information content (AvgIpc) is 2.96. The van der Waals surface area contributed by atoms with Crippen LogP contribution < -0.4 is 5.32 Å². The van der Waals surface area contributed by atoms with Crippen LogP contribution in [0.15, 0.2) is 24.5 Å². The van der Waals surface area contributed by atoms with Crippen molar-refractivity contribution in [3.63, 3.8) is 0 Å². The van der Waals surface area contributed by atoms with Gasteiger partial charge in [0.25, 0.3) is 5.91 Å². The molecule has 1 fully saturated rings. The number of amides is 1. The molecule has 1 amide bonds. The summed E-state index contributed by atoms with van der Waals surface area (Å²) in [5.41, 5.74) is 2.76. The highest BCUT2D eigenvalue weighted by atomic mass is 16.1. The molecular weight excluding hydrogens is 324 g/mol. The van der Waals surface area contributed by atoms with Gasteiger partial charge in [0.1, 0.15) is 5.82 Å². The number of hydrogen-bond acceptors (Lipinski definition) is 3. The lowest BCUT2D eigenvalue weighted by molar-refractivity contribution is 0.0953. The van der Waals surface area contributed by atoms with Gasteiger partial charge in [0.15, 0.2) is 0 Å². The highest BCUT2D eigenvalue weighted by Gasteiger charge is 2.18. The van der Waals surface area contributed by atoms with E-state index >= 15 is 0 Å². The standard InChI is InChI=1S/C21H30N4O/c1-16-10-11-18(15-23-16)21(26)22-13-12-20-24-14-17(2)25(20)19-8-6-4-3-5-7-9-19/h10-11,14-15,19H,3-9,12-13H2,1-2H3,(H,22,26). The highest BCUT2D eigenvalue weighted by Crippen LogP contribution is 2.28. The maximum absolute atomic E-state index is 12.2. The number of imidazole rings is 1. The number of aryl methyl sites for hydroxylation is 2. The van der Waals surface area contributed by atoms with Crippen molar-refractivity contribution in [2.45, 2.75) is 71.3 Å². The van der Waals surface area contributed by atoms with E-state index in [1.54, 1.807) is 6.20 Å². The fourth-order valence-electron chi connectivity index (χ4n) is 3.86. The Morgan fingerprint density at radius 3 is 2.50 bits per heavy atom. The Morgan fingerprint density at radius 2 is 1.81 bits per heavy atom. The highest BCUT2D eigenvalue weighted by molar-refractivity contribution is 5.93. The Balaban J connectivity index is 1.59. The van der Waals surface area contributed by atoms with Crippen LogP contribution in [0.25, 0.3) is 0 Å². The normalized spacial score (nSPS) is 16.1. The minimum atomic E-state index is -0.0710. The molecule has 2 aromatic rings. The van der Waals surface area contributed by atoms with Crippen molar-refractivity contribution in [2.24, 2.45) is 0 Å². The quantitative estimate of drug-likeness (QED) is 0.877. The van der Waals surface area contributed by atoms with Gasteiger partial charge in [-0.1, -0.05) is 32.1 Å². The molecule has 0 atom stereocenters. The van der Waals surface area contributed by atoms with Gasteiger partial charge in [-0.05, 0) is 38.8 Å². The minimum Gasteiger partial charge on any atom is -0.352 e. The van der Waals surface area contributed by atoms with Gasteiger partial charge in [-0.3, -0.25) is 9.78 Å². The maximum atomic E-state index is 12.2. The van der Waals surface area contributed by atoms with Gasteiger partial charge in [0.05, 0.1) is 5.56 Å². The van der Waals surface area contributed by atoms with Gasteiger partial charge in [0.2, 0.25) is 0 Å². The molecule has 0 unspecified atom stereocenters. The molecule has 0 radical (unpaired) electrons. The molecule has 0 aromatic carbocycles. The fourth-order valence-corrected chi connectivity index (χ4v) is 3.86. The van der Waals surface area contributed by atoms with Crippen molar-refractivity contribution in [1.82, 2.24) is 19.9 Å². The van der Waals surface area contributed by atoms with Gasteiger partial charge in [-0.15, -0.1) is 0 Å². The summed E-state index contributed by atoms with van der Waals surface area (Å²) in [6, 6.07) is 4.24. The fraction of sp³-hybridized carbons (Fsp3) is 0.571. The van der Waals surface area contributed by atoms with Crippen LogP contribution in [0.1, 0.15) is 78.6 Å². The molecule has 5 nitrogen and oxygen atoms in total. The van der Waals surface area contributed by atoms with Gasteiger partial charge in [-0.2, -0.15) is 0 Å². The number of rotatable bonds is 5. The maximum Gasteiger partial charge on any atom is 0.252 e. The summed E-state index contributed by atoms with van der Waals surface area (Å²) in [6.07, 6.45) is 13.5. The molecule has 2 aromatic heterocycles. The van der Waals surface area contributed by atoms with Crippen molar-refractivity contribution in [3.8, 4) is 0 Å². The molecular formula is C21H30N4O. The van der Waals surface area contributed by atoms with E-state index in [1.807, 2.05) is 25.3 Å². The first-order valence-electron chi connectivity index (χ1n) is 9.88. The topological polar surface area (TPSA) is 59.8 Å². The van der Waals surface area contributed by atoms with Crippen molar-refractivity contribution >= 4 is 5.91 Å². The largest absolute Gasteiger partial charge is 0.352 e.